The fraction of sp³-hybridized carbons (Fsp3) is 0.591. The number of hydrogen-bond donors (Lipinski definition) is 1. The van der Waals surface area contributed by atoms with E-state index in [1.807, 2.05) is 6.07 Å². The number of ether oxygens (including phenoxy) is 3. The third kappa shape index (κ3) is 10.5. The molecule has 4 rings (SSSR count). The first kappa shape index (κ1) is 39.2. The minimum absolute atomic E-state index is 0.0644. The molecule has 0 radical (unpaired) electrons. The highest BCUT2D eigenvalue weighted by Crippen LogP contribution is 2.55. The molecule has 1 aliphatic heterocycles. The van der Waals surface area contributed by atoms with E-state index in [-0.39, 0.29) is 28.9 Å². The highest BCUT2D eigenvalue weighted by atomic mass is 16.6. The lowest BCUT2D eigenvalue weighted by Crippen LogP contribution is -2.47. The molecule has 0 saturated heterocycles. The van der Waals surface area contributed by atoms with E-state index in [1.165, 1.54) is 11.1 Å². The lowest BCUT2D eigenvalue weighted by atomic mass is 9.64. The van der Waals surface area contributed by atoms with Crippen molar-refractivity contribution in [3.05, 3.63) is 69.8 Å². The number of unbranched alkanes of at least 4 members (excludes halogenated alkanes) is 4. The number of benzene rings is 2. The second-order valence-corrected chi connectivity index (χ2v) is 15.7. The summed E-state index contributed by atoms with van der Waals surface area (Å²) in [4.78, 5) is 27.2. The van der Waals surface area contributed by atoms with Gasteiger partial charge in [0.25, 0.3) is 0 Å². The van der Waals surface area contributed by atoms with Crippen LogP contribution in [0.15, 0.2) is 47.6 Å². The summed E-state index contributed by atoms with van der Waals surface area (Å²) in [5, 5.41) is 11.1. The van der Waals surface area contributed by atoms with Crippen LogP contribution in [0, 0.1) is 11.8 Å². The molecule has 2 aliphatic rings. The van der Waals surface area contributed by atoms with Crippen LogP contribution in [-0.4, -0.2) is 22.6 Å². The summed E-state index contributed by atoms with van der Waals surface area (Å²) in [6.07, 6.45) is 17.5. The molecule has 1 N–H and O–H groups in total. The standard InChI is InChI=1S/C44H62O6/c1-9-11-13-18-32-25-37(45)34(22-20-30(5)17-15-16-29(3)4)38(26-32)48-42(46)43(47)49-39-27-33(19-14-12-10-2)28-40-41(39)35-24-31(6)21-23-36(35)44(7,8)50-40/h16,20,25-28,31,35-36,45H,9-15,17-19,21-24H2,1-8H3/b30-20+/t31-,35+,36+/m0/s1. The molecule has 1 heterocycles. The van der Waals surface area contributed by atoms with Crippen molar-refractivity contribution < 1.29 is 28.9 Å². The summed E-state index contributed by atoms with van der Waals surface area (Å²) < 4.78 is 18.5. The molecule has 0 amide bonds. The number of phenolic OH excluding ortho intramolecular Hbond substituents is 1. The molecule has 50 heavy (non-hydrogen) atoms. The van der Waals surface area contributed by atoms with Gasteiger partial charge >= 0.3 is 11.9 Å². The van der Waals surface area contributed by atoms with Gasteiger partial charge in [0.05, 0.1) is 0 Å². The van der Waals surface area contributed by atoms with Crippen LogP contribution in [0.1, 0.15) is 154 Å². The van der Waals surface area contributed by atoms with Gasteiger partial charge in [-0.1, -0.05) is 76.2 Å². The number of hydrogen-bond acceptors (Lipinski definition) is 6. The lowest BCUT2D eigenvalue weighted by molar-refractivity contribution is -0.156. The molecule has 3 atom stereocenters. The highest BCUT2D eigenvalue weighted by molar-refractivity contribution is 6.31. The summed E-state index contributed by atoms with van der Waals surface area (Å²) in [5.41, 5.74) is 5.39. The maximum absolute atomic E-state index is 13.6. The lowest BCUT2D eigenvalue weighted by Gasteiger charge is -2.49. The molecule has 1 saturated carbocycles. The SMILES string of the molecule is CCCCCc1cc(O)c(C/C=C(\C)CCC=C(C)C)c(OC(=O)C(=O)Oc2cc(CCCCC)cc3c2[C@@H]2C[C@@H](C)CC[C@H]2C(C)(C)O3)c1. The number of carbonyl (C=O) groups excluding carboxylic acids is 2. The van der Waals surface area contributed by atoms with Crippen LogP contribution in [0.25, 0.3) is 0 Å². The first-order valence-corrected chi connectivity index (χ1v) is 19.3. The molecule has 2 aromatic carbocycles. The summed E-state index contributed by atoms with van der Waals surface area (Å²) in [5.74, 6) is 0.238. The topological polar surface area (TPSA) is 82.1 Å². The van der Waals surface area contributed by atoms with Crippen LogP contribution < -0.4 is 14.2 Å². The molecule has 6 heteroatoms. The van der Waals surface area contributed by atoms with Gasteiger partial charge in [0.1, 0.15) is 28.6 Å². The molecule has 1 fully saturated rings. The van der Waals surface area contributed by atoms with E-state index in [0.29, 0.717) is 23.7 Å². The van der Waals surface area contributed by atoms with Gasteiger partial charge in [0, 0.05) is 17.0 Å². The van der Waals surface area contributed by atoms with Crippen molar-refractivity contribution in [2.24, 2.45) is 11.8 Å². The Hall–Kier alpha value is -3.54. The van der Waals surface area contributed by atoms with Crippen LogP contribution in [0.5, 0.6) is 23.0 Å². The van der Waals surface area contributed by atoms with Crippen LogP contribution in [0.2, 0.25) is 0 Å². The fourth-order valence-corrected chi connectivity index (χ4v) is 7.76. The predicted octanol–water partition coefficient (Wildman–Crippen LogP) is 11.3. The van der Waals surface area contributed by atoms with Gasteiger partial charge in [0.15, 0.2) is 0 Å². The molecule has 274 valence electrons. The number of fused-ring (bicyclic) bond motifs is 3. The van der Waals surface area contributed by atoms with Crippen molar-refractivity contribution in [2.45, 2.75) is 157 Å². The quantitative estimate of drug-likeness (QED) is 0.0660. The number of allylic oxidation sites excluding steroid dienone is 4. The monoisotopic (exact) mass is 686 g/mol. The minimum atomic E-state index is -1.10. The predicted molar refractivity (Wildman–Crippen MR) is 202 cm³/mol. The molecule has 6 nitrogen and oxygen atoms in total. The van der Waals surface area contributed by atoms with Crippen molar-refractivity contribution in [3.8, 4) is 23.0 Å². The van der Waals surface area contributed by atoms with E-state index < -0.39 is 11.9 Å². The molecule has 0 spiro atoms. The number of phenols is 1. The van der Waals surface area contributed by atoms with Crippen LogP contribution >= 0.6 is 0 Å². The molecule has 0 aromatic heterocycles. The van der Waals surface area contributed by atoms with E-state index in [9.17, 15) is 14.7 Å². The Balaban J connectivity index is 1.63. The minimum Gasteiger partial charge on any atom is -0.508 e. The maximum Gasteiger partial charge on any atom is 0.423 e. The van der Waals surface area contributed by atoms with E-state index in [2.05, 4.69) is 73.6 Å². The summed E-state index contributed by atoms with van der Waals surface area (Å²) in [6.45, 7) is 17.2. The van der Waals surface area contributed by atoms with Gasteiger partial charge in [0.2, 0.25) is 0 Å². The van der Waals surface area contributed by atoms with E-state index in [4.69, 9.17) is 14.2 Å². The van der Waals surface area contributed by atoms with Gasteiger partial charge < -0.3 is 19.3 Å². The van der Waals surface area contributed by atoms with Crippen molar-refractivity contribution in [1.29, 1.82) is 0 Å². The Morgan fingerprint density at radius 2 is 1.50 bits per heavy atom. The third-order valence-electron chi connectivity index (χ3n) is 10.6. The first-order valence-electron chi connectivity index (χ1n) is 19.3. The van der Waals surface area contributed by atoms with E-state index in [0.717, 1.165) is 106 Å². The third-order valence-corrected chi connectivity index (χ3v) is 10.6. The van der Waals surface area contributed by atoms with E-state index in [1.54, 1.807) is 12.1 Å². The summed E-state index contributed by atoms with van der Waals surface area (Å²) in [7, 11) is 0. The zero-order valence-corrected chi connectivity index (χ0v) is 32.1. The van der Waals surface area contributed by atoms with Gasteiger partial charge in [-0.2, -0.15) is 0 Å². The van der Waals surface area contributed by atoms with Crippen molar-refractivity contribution >= 4 is 11.9 Å². The maximum atomic E-state index is 13.6. The molecule has 2 aromatic rings. The molecular formula is C44H62O6. The first-order chi connectivity index (χ1) is 23.8. The Bertz CT molecular complexity index is 1540. The zero-order chi connectivity index (χ0) is 36.4. The number of carbonyl (C=O) groups is 2. The summed E-state index contributed by atoms with van der Waals surface area (Å²) in [6, 6.07) is 7.60. The second-order valence-electron chi connectivity index (χ2n) is 15.7. The second kappa shape index (κ2) is 18.1. The van der Waals surface area contributed by atoms with E-state index >= 15 is 0 Å². The number of aromatic hydroxyl groups is 1. The van der Waals surface area contributed by atoms with Crippen molar-refractivity contribution in [1.82, 2.24) is 0 Å². The Labute approximate surface area is 301 Å². The Morgan fingerprint density at radius 1 is 0.880 bits per heavy atom. The van der Waals surface area contributed by atoms with Crippen molar-refractivity contribution in [2.75, 3.05) is 0 Å². The molecule has 0 unspecified atom stereocenters. The average Bonchev–Trinajstić information content (AvgIpc) is 3.03. The van der Waals surface area contributed by atoms with Crippen LogP contribution in [0.4, 0.5) is 0 Å². The Morgan fingerprint density at radius 3 is 2.14 bits per heavy atom. The highest BCUT2D eigenvalue weighted by Gasteiger charge is 2.47. The average molecular weight is 687 g/mol. The largest absolute Gasteiger partial charge is 0.508 e. The van der Waals surface area contributed by atoms with Gasteiger partial charge in [-0.15, -0.1) is 0 Å². The van der Waals surface area contributed by atoms with Crippen molar-refractivity contribution in [3.63, 3.8) is 0 Å². The molecular weight excluding hydrogens is 624 g/mol. The van der Waals surface area contributed by atoms with Crippen LogP contribution in [-0.2, 0) is 28.9 Å². The number of aryl methyl sites for hydroxylation is 2. The zero-order valence-electron chi connectivity index (χ0n) is 32.1. The van der Waals surface area contributed by atoms with Gasteiger partial charge in [-0.3, -0.25) is 0 Å². The molecule has 1 aliphatic carbocycles. The van der Waals surface area contributed by atoms with Gasteiger partial charge in [-0.25, -0.2) is 9.59 Å². The number of rotatable bonds is 15. The van der Waals surface area contributed by atoms with Crippen LogP contribution in [0.3, 0.4) is 0 Å². The van der Waals surface area contributed by atoms with Gasteiger partial charge in [-0.05, 0) is 140 Å². The fourth-order valence-electron chi connectivity index (χ4n) is 7.76. The molecule has 0 bridgehead atoms. The Kier molecular flexibility index (Phi) is 14.2. The normalized spacial score (nSPS) is 19.5. The summed E-state index contributed by atoms with van der Waals surface area (Å²) >= 11 is 0. The smallest absolute Gasteiger partial charge is 0.423 e. The number of esters is 2.